The third kappa shape index (κ3) is 4.43. The summed E-state index contributed by atoms with van der Waals surface area (Å²) in [5.41, 5.74) is 1.38. The molecule has 0 unspecified atom stereocenters. The summed E-state index contributed by atoms with van der Waals surface area (Å²) in [7, 11) is 0. The molecular formula is C23H24ClN3O4. The normalized spacial score (nSPS) is 22.0. The van der Waals surface area contributed by atoms with E-state index in [9.17, 15) is 14.4 Å². The number of nitrogens with zero attached hydrogens (tertiary/aromatic N) is 2. The molecule has 2 saturated heterocycles. The summed E-state index contributed by atoms with van der Waals surface area (Å²) >= 11 is 6.15. The summed E-state index contributed by atoms with van der Waals surface area (Å²) in [5.74, 6) is -0.710. The molecular weight excluding hydrogens is 418 g/mol. The Kier molecular flexibility index (Phi) is 6.25. The van der Waals surface area contributed by atoms with Gasteiger partial charge in [0.25, 0.3) is 5.91 Å². The molecule has 2 aliphatic heterocycles. The number of piperazine rings is 2. The fraction of sp³-hybridized carbons (Fsp3) is 0.348. The average Bonchev–Trinajstić information content (AvgIpc) is 2.80. The summed E-state index contributed by atoms with van der Waals surface area (Å²) in [4.78, 5) is 41.9. The van der Waals surface area contributed by atoms with Crippen molar-refractivity contribution in [1.29, 1.82) is 0 Å². The number of nitrogens with one attached hydrogen (secondary N) is 1. The SMILES string of the molecule is C[C@@H](OCc1ccccc1)[C@@H]1NC(=O)[C@H]2CN(C(=O)c3ccccc3Cl)CCN2C1=O. The van der Waals surface area contributed by atoms with E-state index in [4.69, 9.17) is 16.3 Å². The zero-order chi connectivity index (χ0) is 22.0. The standard InChI is InChI=1S/C23H24ClN3O4/c1-15(31-14-16-7-3-2-4-8-16)20-23(30)27-12-11-26(13-19(27)21(28)25-20)22(29)17-9-5-6-10-18(17)24/h2-10,15,19-20H,11-14H2,1H3,(H,25,28)/t15-,19-,20+/m1/s1. The molecule has 1 N–H and O–H groups in total. The average molecular weight is 442 g/mol. The molecule has 7 nitrogen and oxygen atoms in total. The highest BCUT2D eigenvalue weighted by Gasteiger charge is 2.46. The van der Waals surface area contributed by atoms with Gasteiger partial charge in [0.15, 0.2) is 0 Å². The minimum Gasteiger partial charge on any atom is -0.371 e. The van der Waals surface area contributed by atoms with Gasteiger partial charge in [0.2, 0.25) is 11.8 Å². The molecule has 0 aromatic heterocycles. The van der Waals surface area contributed by atoms with E-state index in [2.05, 4.69) is 5.32 Å². The second-order valence-electron chi connectivity index (χ2n) is 7.77. The summed E-state index contributed by atoms with van der Waals surface area (Å²) < 4.78 is 5.85. The second kappa shape index (κ2) is 9.08. The number of carbonyl (C=O) groups excluding carboxylic acids is 3. The van der Waals surface area contributed by atoms with Gasteiger partial charge in [-0.3, -0.25) is 14.4 Å². The fourth-order valence-electron chi connectivity index (χ4n) is 3.97. The Morgan fingerprint density at radius 3 is 2.58 bits per heavy atom. The van der Waals surface area contributed by atoms with Crippen molar-refractivity contribution in [2.45, 2.75) is 31.7 Å². The first-order valence-corrected chi connectivity index (χ1v) is 10.6. The zero-order valence-corrected chi connectivity index (χ0v) is 17.9. The van der Waals surface area contributed by atoms with E-state index in [1.54, 1.807) is 41.0 Å². The van der Waals surface area contributed by atoms with E-state index >= 15 is 0 Å². The Bertz CT molecular complexity index is 984. The lowest BCUT2D eigenvalue weighted by Crippen LogP contribution is -2.71. The van der Waals surface area contributed by atoms with Crippen molar-refractivity contribution in [2.24, 2.45) is 0 Å². The number of ether oxygens (including phenoxy) is 1. The van der Waals surface area contributed by atoms with Crippen LogP contribution in [0.5, 0.6) is 0 Å². The zero-order valence-electron chi connectivity index (χ0n) is 17.2. The van der Waals surface area contributed by atoms with E-state index in [0.29, 0.717) is 23.7 Å². The van der Waals surface area contributed by atoms with E-state index in [0.717, 1.165) is 5.56 Å². The monoisotopic (exact) mass is 441 g/mol. The number of benzene rings is 2. The number of halogens is 1. The third-order valence-corrected chi connectivity index (χ3v) is 6.08. The Hall–Kier alpha value is -2.90. The van der Waals surface area contributed by atoms with Gasteiger partial charge in [-0.2, -0.15) is 0 Å². The molecule has 2 aromatic carbocycles. The molecule has 8 heteroatoms. The van der Waals surface area contributed by atoms with Gasteiger partial charge < -0.3 is 19.9 Å². The summed E-state index contributed by atoms with van der Waals surface area (Å²) in [6.07, 6.45) is -0.486. The molecule has 0 aliphatic carbocycles. The van der Waals surface area contributed by atoms with Gasteiger partial charge in [-0.15, -0.1) is 0 Å². The van der Waals surface area contributed by atoms with Crippen LogP contribution in [-0.4, -0.2) is 65.3 Å². The molecule has 0 radical (unpaired) electrons. The molecule has 2 heterocycles. The minimum atomic E-state index is -0.752. The maximum Gasteiger partial charge on any atom is 0.255 e. The van der Waals surface area contributed by atoms with Crippen LogP contribution in [0.25, 0.3) is 0 Å². The molecule has 0 bridgehead atoms. The van der Waals surface area contributed by atoms with Crippen LogP contribution in [0.3, 0.4) is 0 Å². The van der Waals surface area contributed by atoms with Gasteiger partial charge in [-0.25, -0.2) is 0 Å². The van der Waals surface area contributed by atoms with Gasteiger partial charge in [-0.1, -0.05) is 54.1 Å². The molecule has 4 rings (SSSR count). The van der Waals surface area contributed by atoms with Crippen molar-refractivity contribution in [2.75, 3.05) is 19.6 Å². The highest BCUT2D eigenvalue weighted by molar-refractivity contribution is 6.33. The van der Waals surface area contributed by atoms with Crippen LogP contribution in [0.2, 0.25) is 5.02 Å². The largest absolute Gasteiger partial charge is 0.371 e. The molecule has 2 fully saturated rings. The van der Waals surface area contributed by atoms with Gasteiger partial charge >= 0.3 is 0 Å². The van der Waals surface area contributed by atoms with Crippen LogP contribution < -0.4 is 5.32 Å². The van der Waals surface area contributed by atoms with E-state index < -0.39 is 18.2 Å². The number of carbonyl (C=O) groups is 3. The van der Waals surface area contributed by atoms with Gasteiger partial charge in [0, 0.05) is 13.1 Å². The number of rotatable bonds is 5. The van der Waals surface area contributed by atoms with Crippen LogP contribution in [-0.2, 0) is 20.9 Å². The van der Waals surface area contributed by atoms with Crippen molar-refractivity contribution < 1.29 is 19.1 Å². The highest BCUT2D eigenvalue weighted by Crippen LogP contribution is 2.23. The van der Waals surface area contributed by atoms with Crippen molar-refractivity contribution >= 4 is 29.3 Å². The van der Waals surface area contributed by atoms with Gasteiger partial charge in [0.1, 0.15) is 12.1 Å². The first-order chi connectivity index (χ1) is 15.0. The van der Waals surface area contributed by atoms with Crippen molar-refractivity contribution in [3.05, 3.63) is 70.7 Å². The number of fused-ring (bicyclic) bond motifs is 1. The summed E-state index contributed by atoms with van der Waals surface area (Å²) in [5, 5.41) is 3.16. The lowest BCUT2D eigenvalue weighted by atomic mass is 10.0. The molecule has 2 aromatic rings. The van der Waals surface area contributed by atoms with Crippen LogP contribution in [0.15, 0.2) is 54.6 Å². The van der Waals surface area contributed by atoms with Crippen molar-refractivity contribution in [3.63, 3.8) is 0 Å². The molecule has 0 saturated carbocycles. The predicted molar refractivity (Wildman–Crippen MR) is 115 cm³/mol. The topological polar surface area (TPSA) is 79.0 Å². The predicted octanol–water partition coefficient (Wildman–Crippen LogP) is 2.10. The van der Waals surface area contributed by atoms with Gasteiger partial charge in [-0.05, 0) is 24.6 Å². The van der Waals surface area contributed by atoms with Crippen LogP contribution in [0.4, 0.5) is 0 Å². The van der Waals surface area contributed by atoms with Crippen LogP contribution >= 0.6 is 11.6 Å². The van der Waals surface area contributed by atoms with E-state index in [-0.39, 0.29) is 30.8 Å². The molecule has 3 amide bonds. The molecule has 0 spiro atoms. The first-order valence-electron chi connectivity index (χ1n) is 10.3. The fourth-order valence-corrected chi connectivity index (χ4v) is 4.18. The lowest BCUT2D eigenvalue weighted by Gasteiger charge is -2.46. The molecule has 3 atom stereocenters. The smallest absolute Gasteiger partial charge is 0.255 e. The minimum absolute atomic E-state index is 0.133. The summed E-state index contributed by atoms with van der Waals surface area (Å²) in [6.45, 7) is 2.89. The number of hydrogen-bond donors (Lipinski definition) is 1. The maximum absolute atomic E-state index is 13.1. The van der Waals surface area contributed by atoms with Crippen molar-refractivity contribution in [3.8, 4) is 0 Å². The molecule has 162 valence electrons. The molecule has 2 aliphatic rings. The molecule has 31 heavy (non-hydrogen) atoms. The van der Waals surface area contributed by atoms with Gasteiger partial charge in [0.05, 0.1) is 29.8 Å². The highest BCUT2D eigenvalue weighted by atomic mass is 35.5. The Morgan fingerprint density at radius 2 is 1.84 bits per heavy atom. The lowest BCUT2D eigenvalue weighted by molar-refractivity contribution is -0.156. The van der Waals surface area contributed by atoms with Crippen LogP contribution in [0, 0.1) is 0 Å². The second-order valence-corrected chi connectivity index (χ2v) is 8.17. The summed E-state index contributed by atoms with van der Waals surface area (Å²) in [6, 6.07) is 15.0. The Labute approximate surface area is 185 Å². The van der Waals surface area contributed by atoms with Crippen molar-refractivity contribution in [1.82, 2.24) is 15.1 Å². The number of hydrogen-bond acceptors (Lipinski definition) is 4. The Balaban J connectivity index is 1.41. The Morgan fingerprint density at radius 1 is 1.13 bits per heavy atom. The van der Waals surface area contributed by atoms with Crippen LogP contribution in [0.1, 0.15) is 22.8 Å². The first kappa shape index (κ1) is 21.3. The third-order valence-electron chi connectivity index (χ3n) is 5.75. The number of amides is 3. The van der Waals surface area contributed by atoms with E-state index in [1.165, 1.54) is 0 Å². The van der Waals surface area contributed by atoms with E-state index in [1.807, 2.05) is 30.3 Å². The quantitative estimate of drug-likeness (QED) is 0.770. The maximum atomic E-state index is 13.1.